The first-order chi connectivity index (χ1) is 9.83. The number of rotatable bonds is 4. The second-order valence-corrected chi connectivity index (χ2v) is 6.51. The SMILES string of the molecule is CC(C)C(C)(C)CNC(=O)c1ccc2ccccc2c1O. The van der Waals surface area contributed by atoms with E-state index in [9.17, 15) is 9.90 Å². The lowest BCUT2D eigenvalue weighted by molar-refractivity contribution is 0.0922. The van der Waals surface area contributed by atoms with Crippen molar-refractivity contribution in [3.05, 3.63) is 42.0 Å². The molecule has 3 heteroatoms. The molecule has 2 N–H and O–H groups in total. The van der Waals surface area contributed by atoms with Gasteiger partial charge in [-0.25, -0.2) is 0 Å². The number of fused-ring (bicyclic) bond motifs is 1. The van der Waals surface area contributed by atoms with Crippen LogP contribution in [0.15, 0.2) is 36.4 Å². The third-order valence-electron chi connectivity index (χ3n) is 4.41. The lowest BCUT2D eigenvalue weighted by Gasteiger charge is -2.29. The zero-order valence-electron chi connectivity index (χ0n) is 13.1. The molecular formula is C18H23NO2. The van der Waals surface area contributed by atoms with Crippen molar-refractivity contribution < 1.29 is 9.90 Å². The van der Waals surface area contributed by atoms with Crippen molar-refractivity contribution in [2.45, 2.75) is 27.7 Å². The molecule has 0 atom stereocenters. The first-order valence-electron chi connectivity index (χ1n) is 7.32. The van der Waals surface area contributed by atoms with E-state index in [0.717, 1.165) is 5.39 Å². The molecule has 1 amide bonds. The molecule has 0 aromatic heterocycles. The van der Waals surface area contributed by atoms with E-state index < -0.39 is 0 Å². The number of aromatic hydroxyl groups is 1. The van der Waals surface area contributed by atoms with Crippen LogP contribution in [0.4, 0.5) is 0 Å². The molecule has 0 unspecified atom stereocenters. The maximum atomic E-state index is 12.3. The number of hydrogen-bond donors (Lipinski definition) is 2. The van der Waals surface area contributed by atoms with Crippen LogP contribution >= 0.6 is 0 Å². The second-order valence-electron chi connectivity index (χ2n) is 6.51. The maximum absolute atomic E-state index is 12.3. The summed E-state index contributed by atoms with van der Waals surface area (Å²) in [6, 6.07) is 11.0. The highest BCUT2D eigenvalue weighted by Crippen LogP contribution is 2.29. The van der Waals surface area contributed by atoms with E-state index in [1.54, 1.807) is 6.07 Å². The van der Waals surface area contributed by atoms with Crippen molar-refractivity contribution >= 4 is 16.7 Å². The van der Waals surface area contributed by atoms with Gasteiger partial charge in [-0.1, -0.05) is 58.0 Å². The van der Waals surface area contributed by atoms with Crippen LogP contribution in [0.25, 0.3) is 10.8 Å². The van der Waals surface area contributed by atoms with Gasteiger partial charge in [0.05, 0.1) is 5.56 Å². The van der Waals surface area contributed by atoms with Gasteiger partial charge in [0.15, 0.2) is 0 Å². The first kappa shape index (κ1) is 15.4. The molecule has 0 aliphatic heterocycles. The fraction of sp³-hybridized carbons (Fsp3) is 0.389. The summed E-state index contributed by atoms with van der Waals surface area (Å²) in [6.07, 6.45) is 0. The van der Waals surface area contributed by atoms with E-state index in [2.05, 4.69) is 33.0 Å². The maximum Gasteiger partial charge on any atom is 0.255 e. The van der Waals surface area contributed by atoms with Gasteiger partial charge in [0.1, 0.15) is 5.75 Å². The average molecular weight is 285 g/mol. The molecule has 0 spiro atoms. The molecule has 0 radical (unpaired) electrons. The van der Waals surface area contributed by atoms with Crippen LogP contribution in [0.3, 0.4) is 0 Å². The molecule has 0 saturated heterocycles. The number of phenols is 1. The van der Waals surface area contributed by atoms with E-state index in [0.29, 0.717) is 23.4 Å². The standard InChI is InChI=1S/C18H23NO2/c1-12(2)18(3,4)11-19-17(21)15-10-9-13-7-5-6-8-14(13)16(15)20/h5-10,12,20H,11H2,1-4H3,(H,19,21). The molecule has 2 aromatic carbocycles. The molecule has 0 saturated carbocycles. The molecule has 2 rings (SSSR count). The Kier molecular flexibility index (Phi) is 4.21. The molecule has 0 bridgehead atoms. The quantitative estimate of drug-likeness (QED) is 0.893. The number of hydrogen-bond acceptors (Lipinski definition) is 2. The smallest absolute Gasteiger partial charge is 0.255 e. The summed E-state index contributed by atoms with van der Waals surface area (Å²) in [4.78, 5) is 12.3. The average Bonchev–Trinajstić information content (AvgIpc) is 2.45. The largest absolute Gasteiger partial charge is 0.506 e. The summed E-state index contributed by atoms with van der Waals surface area (Å²) < 4.78 is 0. The van der Waals surface area contributed by atoms with Gasteiger partial charge in [-0.05, 0) is 22.8 Å². The summed E-state index contributed by atoms with van der Waals surface area (Å²) in [5, 5.41) is 14.9. The number of nitrogens with one attached hydrogen (secondary N) is 1. The van der Waals surface area contributed by atoms with Crippen LogP contribution in [0, 0.1) is 11.3 Å². The van der Waals surface area contributed by atoms with E-state index in [-0.39, 0.29) is 17.1 Å². The van der Waals surface area contributed by atoms with Crippen molar-refractivity contribution in [2.75, 3.05) is 6.54 Å². The predicted molar refractivity (Wildman–Crippen MR) is 86.6 cm³/mol. The summed E-state index contributed by atoms with van der Waals surface area (Å²) in [5.74, 6) is 0.280. The highest BCUT2D eigenvalue weighted by molar-refractivity contribution is 6.03. The molecule has 21 heavy (non-hydrogen) atoms. The van der Waals surface area contributed by atoms with Crippen LogP contribution in [0.2, 0.25) is 0 Å². The van der Waals surface area contributed by atoms with Crippen LogP contribution in [-0.4, -0.2) is 17.6 Å². The third-order valence-corrected chi connectivity index (χ3v) is 4.41. The third kappa shape index (κ3) is 3.18. The molecule has 3 nitrogen and oxygen atoms in total. The number of amides is 1. The molecule has 0 heterocycles. The van der Waals surface area contributed by atoms with Crippen molar-refractivity contribution in [1.29, 1.82) is 0 Å². The Morgan fingerprint density at radius 1 is 1.19 bits per heavy atom. The van der Waals surface area contributed by atoms with Gasteiger partial charge in [-0.2, -0.15) is 0 Å². The summed E-state index contributed by atoms with van der Waals surface area (Å²) in [6.45, 7) is 9.10. The van der Waals surface area contributed by atoms with E-state index in [1.807, 2.05) is 30.3 Å². The fourth-order valence-corrected chi connectivity index (χ4v) is 2.05. The van der Waals surface area contributed by atoms with Crippen LogP contribution in [0.1, 0.15) is 38.1 Å². The molecule has 112 valence electrons. The number of carbonyl (C=O) groups is 1. The minimum Gasteiger partial charge on any atom is -0.506 e. The minimum atomic E-state index is -0.230. The highest BCUT2D eigenvalue weighted by Gasteiger charge is 2.24. The molecule has 0 fully saturated rings. The molecule has 2 aromatic rings. The van der Waals surface area contributed by atoms with Crippen LogP contribution in [-0.2, 0) is 0 Å². The fourth-order valence-electron chi connectivity index (χ4n) is 2.05. The Morgan fingerprint density at radius 3 is 2.52 bits per heavy atom. The van der Waals surface area contributed by atoms with Crippen molar-refractivity contribution in [2.24, 2.45) is 11.3 Å². The monoisotopic (exact) mass is 285 g/mol. The minimum absolute atomic E-state index is 0.0160. The first-order valence-corrected chi connectivity index (χ1v) is 7.32. The Balaban J connectivity index is 2.22. The number of carbonyl (C=O) groups excluding carboxylic acids is 1. The Morgan fingerprint density at radius 2 is 1.86 bits per heavy atom. The normalized spacial score (nSPS) is 11.9. The van der Waals surface area contributed by atoms with Gasteiger partial charge >= 0.3 is 0 Å². The van der Waals surface area contributed by atoms with Gasteiger partial charge in [-0.3, -0.25) is 4.79 Å². The van der Waals surface area contributed by atoms with Crippen LogP contribution in [0.5, 0.6) is 5.75 Å². The molecule has 0 aliphatic carbocycles. The predicted octanol–water partition coefficient (Wildman–Crippen LogP) is 3.96. The molecular weight excluding hydrogens is 262 g/mol. The lowest BCUT2D eigenvalue weighted by atomic mass is 9.81. The zero-order valence-corrected chi connectivity index (χ0v) is 13.1. The lowest BCUT2D eigenvalue weighted by Crippen LogP contribution is -2.37. The van der Waals surface area contributed by atoms with Gasteiger partial charge in [0, 0.05) is 11.9 Å². The Bertz CT molecular complexity index is 659. The number of phenolic OH excluding ortho intramolecular Hbond substituents is 1. The van der Waals surface area contributed by atoms with Crippen LogP contribution < -0.4 is 5.32 Å². The summed E-state index contributed by atoms with van der Waals surface area (Å²) in [5.41, 5.74) is 0.343. The zero-order chi connectivity index (χ0) is 15.6. The van der Waals surface area contributed by atoms with E-state index in [1.165, 1.54) is 0 Å². The van der Waals surface area contributed by atoms with Gasteiger partial charge < -0.3 is 10.4 Å². The van der Waals surface area contributed by atoms with E-state index >= 15 is 0 Å². The Labute approximate surface area is 126 Å². The van der Waals surface area contributed by atoms with Gasteiger partial charge in [0.2, 0.25) is 0 Å². The second kappa shape index (κ2) is 5.76. The summed E-state index contributed by atoms with van der Waals surface area (Å²) in [7, 11) is 0. The van der Waals surface area contributed by atoms with Crippen molar-refractivity contribution in [3.8, 4) is 5.75 Å². The summed E-state index contributed by atoms with van der Waals surface area (Å²) >= 11 is 0. The Hall–Kier alpha value is -2.03. The van der Waals surface area contributed by atoms with Gasteiger partial charge in [-0.15, -0.1) is 0 Å². The van der Waals surface area contributed by atoms with Crippen molar-refractivity contribution in [3.63, 3.8) is 0 Å². The molecule has 0 aliphatic rings. The van der Waals surface area contributed by atoms with Crippen molar-refractivity contribution in [1.82, 2.24) is 5.32 Å². The number of benzene rings is 2. The van der Waals surface area contributed by atoms with E-state index in [4.69, 9.17) is 0 Å². The topological polar surface area (TPSA) is 49.3 Å². The van der Waals surface area contributed by atoms with Gasteiger partial charge in [0.25, 0.3) is 5.91 Å². The highest BCUT2D eigenvalue weighted by atomic mass is 16.3.